The van der Waals surface area contributed by atoms with E-state index in [2.05, 4.69) is 15.1 Å². The molecule has 0 unspecified atom stereocenters. The van der Waals surface area contributed by atoms with Gasteiger partial charge in [-0.3, -0.25) is 9.59 Å². The second kappa shape index (κ2) is 6.63. The van der Waals surface area contributed by atoms with Gasteiger partial charge in [0.2, 0.25) is 11.8 Å². The minimum absolute atomic E-state index is 0.0944. The van der Waals surface area contributed by atoms with E-state index in [-0.39, 0.29) is 11.3 Å². The van der Waals surface area contributed by atoms with Crippen LogP contribution in [0.4, 0.5) is 0 Å². The van der Waals surface area contributed by atoms with E-state index in [1.807, 2.05) is 16.5 Å². The number of aromatic nitrogens is 3. The van der Waals surface area contributed by atoms with Gasteiger partial charge in [0.1, 0.15) is 6.33 Å². The molecule has 25 heavy (non-hydrogen) atoms. The second-order valence-electron chi connectivity index (χ2n) is 7.66. The Balaban J connectivity index is 1.35. The van der Waals surface area contributed by atoms with Gasteiger partial charge >= 0.3 is 0 Å². The molecule has 1 atom stereocenters. The van der Waals surface area contributed by atoms with Crippen LogP contribution in [0.1, 0.15) is 32.1 Å². The minimum Gasteiger partial charge on any atom is -0.342 e. The highest BCUT2D eigenvalue weighted by molar-refractivity contribution is 7.99. The van der Waals surface area contributed by atoms with E-state index in [4.69, 9.17) is 0 Å². The number of carbonyl (C=O) groups excluding carboxylic acids is 2. The summed E-state index contributed by atoms with van der Waals surface area (Å²) in [4.78, 5) is 29.6. The SMILES string of the molecule is Cn1cnnc1SCC(=O)N1CC[C@@]2(CCCN(CC3CC3)C2=O)C1. The Bertz CT molecular complexity index is 674. The van der Waals surface area contributed by atoms with Crippen LogP contribution in [-0.2, 0) is 16.6 Å². The van der Waals surface area contributed by atoms with Crippen LogP contribution in [0.25, 0.3) is 0 Å². The molecule has 3 fully saturated rings. The predicted molar refractivity (Wildman–Crippen MR) is 93.9 cm³/mol. The highest BCUT2D eigenvalue weighted by Gasteiger charge is 2.49. The molecule has 7 nitrogen and oxygen atoms in total. The molecule has 2 amide bonds. The topological polar surface area (TPSA) is 71.3 Å². The van der Waals surface area contributed by atoms with Crippen LogP contribution in [0, 0.1) is 11.3 Å². The van der Waals surface area contributed by atoms with Gasteiger partial charge in [-0.15, -0.1) is 10.2 Å². The number of amides is 2. The van der Waals surface area contributed by atoms with Crippen molar-refractivity contribution in [2.24, 2.45) is 18.4 Å². The Morgan fingerprint density at radius 3 is 2.92 bits per heavy atom. The minimum atomic E-state index is -0.321. The first-order valence-corrected chi connectivity index (χ1v) is 10.1. The van der Waals surface area contributed by atoms with Gasteiger partial charge in [-0.2, -0.15) is 0 Å². The average molecular weight is 363 g/mol. The molecule has 2 saturated heterocycles. The molecule has 1 saturated carbocycles. The third-order valence-corrected chi connectivity index (χ3v) is 6.72. The van der Waals surface area contributed by atoms with Crippen LogP contribution in [0.15, 0.2) is 11.5 Å². The molecule has 1 spiro atoms. The van der Waals surface area contributed by atoms with Crippen molar-refractivity contribution in [1.82, 2.24) is 24.6 Å². The van der Waals surface area contributed by atoms with E-state index in [0.29, 0.717) is 24.7 Å². The molecule has 0 aromatic carbocycles. The van der Waals surface area contributed by atoms with Gasteiger partial charge in [-0.1, -0.05) is 11.8 Å². The van der Waals surface area contributed by atoms with E-state index in [1.165, 1.54) is 24.6 Å². The van der Waals surface area contributed by atoms with Gasteiger partial charge in [0.05, 0.1) is 11.2 Å². The molecule has 1 aromatic rings. The molecule has 2 aliphatic heterocycles. The van der Waals surface area contributed by atoms with Gasteiger partial charge in [0, 0.05) is 33.2 Å². The van der Waals surface area contributed by atoms with E-state index in [0.717, 1.165) is 43.4 Å². The Hall–Kier alpha value is -1.57. The third kappa shape index (κ3) is 3.41. The maximum Gasteiger partial charge on any atom is 0.233 e. The number of aryl methyl sites for hydroxylation is 1. The van der Waals surface area contributed by atoms with Crippen molar-refractivity contribution in [1.29, 1.82) is 0 Å². The molecule has 1 aromatic heterocycles. The fraction of sp³-hybridized carbons (Fsp3) is 0.765. The highest BCUT2D eigenvalue weighted by atomic mass is 32.2. The van der Waals surface area contributed by atoms with Crippen LogP contribution < -0.4 is 0 Å². The first-order chi connectivity index (χ1) is 12.1. The van der Waals surface area contributed by atoms with Crippen molar-refractivity contribution in [2.75, 3.05) is 31.9 Å². The summed E-state index contributed by atoms with van der Waals surface area (Å²) in [6, 6.07) is 0. The Kier molecular flexibility index (Phi) is 4.47. The fourth-order valence-corrected chi connectivity index (χ4v) is 4.81. The van der Waals surface area contributed by atoms with Crippen LogP contribution in [0.2, 0.25) is 0 Å². The average Bonchev–Trinajstić information content (AvgIpc) is 3.16. The van der Waals surface area contributed by atoms with E-state index in [9.17, 15) is 9.59 Å². The van der Waals surface area contributed by atoms with Crippen molar-refractivity contribution >= 4 is 23.6 Å². The van der Waals surface area contributed by atoms with Crippen LogP contribution in [-0.4, -0.2) is 68.3 Å². The van der Waals surface area contributed by atoms with Crippen molar-refractivity contribution in [2.45, 2.75) is 37.3 Å². The lowest BCUT2D eigenvalue weighted by Crippen LogP contribution is -2.51. The van der Waals surface area contributed by atoms with Crippen molar-refractivity contribution in [3.8, 4) is 0 Å². The summed E-state index contributed by atoms with van der Waals surface area (Å²) in [7, 11) is 1.87. The number of hydrogen-bond donors (Lipinski definition) is 0. The van der Waals surface area contributed by atoms with E-state index in [1.54, 1.807) is 6.33 Å². The number of piperidine rings is 1. The number of nitrogens with zero attached hydrogens (tertiary/aromatic N) is 5. The summed E-state index contributed by atoms with van der Waals surface area (Å²) in [5.74, 6) is 1.46. The molecule has 1 aliphatic carbocycles. The third-order valence-electron chi connectivity index (χ3n) is 5.70. The summed E-state index contributed by atoms with van der Waals surface area (Å²) in [5, 5.41) is 8.57. The lowest BCUT2D eigenvalue weighted by Gasteiger charge is -2.39. The Morgan fingerprint density at radius 2 is 2.20 bits per heavy atom. The number of likely N-dealkylation sites (tertiary alicyclic amines) is 2. The molecule has 0 N–H and O–H groups in total. The summed E-state index contributed by atoms with van der Waals surface area (Å²) in [5.41, 5.74) is -0.321. The smallest absolute Gasteiger partial charge is 0.233 e. The van der Waals surface area contributed by atoms with Gasteiger partial charge in [-0.05, 0) is 38.0 Å². The van der Waals surface area contributed by atoms with Gasteiger partial charge < -0.3 is 14.4 Å². The lowest BCUT2D eigenvalue weighted by molar-refractivity contribution is -0.146. The zero-order valence-corrected chi connectivity index (χ0v) is 15.5. The molecule has 4 rings (SSSR count). The molecule has 3 aliphatic rings. The summed E-state index contributed by atoms with van der Waals surface area (Å²) in [6.07, 6.45) is 6.96. The first kappa shape index (κ1) is 16.9. The maximum atomic E-state index is 13.0. The van der Waals surface area contributed by atoms with Gasteiger partial charge in [-0.25, -0.2) is 0 Å². The largest absolute Gasteiger partial charge is 0.342 e. The molecule has 136 valence electrons. The Labute approximate surface area is 152 Å². The lowest BCUT2D eigenvalue weighted by atomic mass is 9.78. The zero-order chi connectivity index (χ0) is 17.4. The van der Waals surface area contributed by atoms with E-state index >= 15 is 0 Å². The normalized spacial score (nSPS) is 26.7. The van der Waals surface area contributed by atoms with Crippen molar-refractivity contribution in [3.05, 3.63) is 6.33 Å². The Morgan fingerprint density at radius 1 is 1.36 bits per heavy atom. The first-order valence-electron chi connectivity index (χ1n) is 9.11. The molecule has 0 radical (unpaired) electrons. The van der Waals surface area contributed by atoms with Crippen molar-refractivity contribution in [3.63, 3.8) is 0 Å². The van der Waals surface area contributed by atoms with Gasteiger partial charge in [0.25, 0.3) is 0 Å². The summed E-state index contributed by atoms with van der Waals surface area (Å²) in [6.45, 7) is 3.11. The zero-order valence-electron chi connectivity index (χ0n) is 14.7. The molecular weight excluding hydrogens is 338 g/mol. The number of rotatable bonds is 5. The van der Waals surface area contributed by atoms with Crippen molar-refractivity contribution < 1.29 is 9.59 Å². The van der Waals surface area contributed by atoms with Crippen LogP contribution >= 0.6 is 11.8 Å². The number of hydrogen-bond acceptors (Lipinski definition) is 5. The summed E-state index contributed by atoms with van der Waals surface area (Å²) >= 11 is 1.40. The highest BCUT2D eigenvalue weighted by Crippen LogP contribution is 2.41. The molecule has 8 heteroatoms. The fourth-order valence-electron chi connectivity index (χ4n) is 4.02. The van der Waals surface area contributed by atoms with Crippen LogP contribution in [0.3, 0.4) is 0 Å². The van der Waals surface area contributed by atoms with Crippen LogP contribution in [0.5, 0.6) is 0 Å². The second-order valence-corrected chi connectivity index (χ2v) is 8.60. The molecule has 3 heterocycles. The quantitative estimate of drug-likeness (QED) is 0.734. The number of carbonyl (C=O) groups is 2. The number of thioether (sulfide) groups is 1. The van der Waals surface area contributed by atoms with E-state index < -0.39 is 0 Å². The monoisotopic (exact) mass is 363 g/mol. The maximum absolute atomic E-state index is 13.0. The summed E-state index contributed by atoms with van der Waals surface area (Å²) < 4.78 is 1.81. The predicted octanol–water partition coefficient (Wildman–Crippen LogP) is 1.16. The van der Waals surface area contributed by atoms with Gasteiger partial charge in [0.15, 0.2) is 5.16 Å². The molecule has 0 bridgehead atoms. The molecular formula is C17H25N5O2S. The standard InChI is InChI=1S/C17H25N5O2S/c1-20-12-18-19-16(20)25-10-14(23)22-8-6-17(11-22)5-2-7-21(15(17)24)9-13-3-4-13/h12-13H,2-11H2,1H3/t17-/m0/s1.